The highest BCUT2D eigenvalue weighted by molar-refractivity contribution is 6.90. The smallest absolute Gasteiger partial charge is 0.331 e. The lowest BCUT2D eigenvalue weighted by atomic mass is 9.78. The van der Waals surface area contributed by atoms with Crippen LogP contribution < -0.4 is 0 Å². The number of carboxylic acids is 1. The van der Waals surface area contributed by atoms with Crippen molar-refractivity contribution in [1.29, 1.82) is 0 Å². The van der Waals surface area contributed by atoms with Crippen LogP contribution in [0.15, 0.2) is 11.1 Å². The summed E-state index contributed by atoms with van der Waals surface area (Å²) in [5.41, 5.74) is 5.21. The molecule has 0 amide bonds. The van der Waals surface area contributed by atoms with Crippen molar-refractivity contribution in [1.82, 2.24) is 0 Å². The molecule has 0 aromatic rings. The highest BCUT2D eigenvalue weighted by Gasteiger charge is 2.43. The summed E-state index contributed by atoms with van der Waals surface area (Å²) < 4.78 is 30.6. The fourth-order valence-corrected chi connectivity index (χ4v) is 10.8. The quantitative estimate of drug-likeness (QED) is 0.266. The minimum Gasteiger partial charge on any atom is -0.478 e. The molecule has 1 N–H and O–H groups in total. The zero-order valence-electron chi connectivity index (χ0n) is 20.9. The highest BCUT2D eigenvalue weighted by atomic mass is 28.3. The van der Waals surface area contributed by atoms with Crippen molar-refractivity contribution in [2.45, 2.75) is 123 Å². The third kappa shape index (κ3) is 7.44. The highest BCUT2D eigenvalue weighted by Crippen LogP contribution is 2.42. The van der Waals surface area contributed by atoms with Gasteiger partial charge in [0.05, 0.1) is 0 Å². The van der Waals surface area contributed by atoms with Gasteiger partial charge >= 0.3 is 11.9 Å². The van der Waals surface area contributed by atoms with E-state index in [4.69, 9.17) is 0 Å². The summed E-state index contributed by atoms with van der Waals surface area (Å²) in [5, 5.41) is 9.66. The summed E-state index contributed by atoms with van der Waals surface area (Å²) in [6.45, 7) is 16.9. The average Bonchev–Trinajstić information content (AvgIpc) is 2.64. The SMILES string of the molecule is CC(C)CCC(CC(F)(F)C#C[Si](C(C)C)(C(C)C)C(C)C)C1=C(C(=O)O)CCCC1. The van der Waals surface area contributed by atoms with E-state index < -0.39 is 25.9 Å². The van der Waals surface area contributed by atoms with Gasteiger partial charge in [-0.2, -0.15) is 8.78 Å². The Morgan fingerprint density at radius 3 is 1.94 bits per heavy atom. The lowest BCUT2D eigenvalue weighted by molar-refractivity contribution is -0.133. The molecule has 0 aromatic heterocycles. The molecule has 0 aliphatic heterocycles. The second-order valence-electron chi connectivity index (χ2n) is 10.7. The zero-order chi connectivity index (χ0) is 24.0. The van der Waals surface area contributed by atoms with Gasteiger partial charge in [-0.3, -0.25) is 0 Å². The normalized spacial score (nSPS) is 16.8. The van der Waals surface area contributed by atoms with Crippen LogP contribution in [0.25, 0.3) is 0 Å². The molecule has 2 nitrogen and oxygen atoms in total. The molecule has 0 saturated carbocycles. The Labute approximate surface area is 190 Å². The van der Waals surface area contributed by atoms with Gasteiger partial charge in [-0.25, -0.2) is 4.79 Å². The van der Waals surface area contributed by atoms with Crippen molar-refractivity contribution in [3.63, 3.8) is 0 Å². The van der Waals surface area contributed by atoms with Crippen molar-refractivity contribution >= 4 is 14.0 Å². The van der Waals surface area contributed by atoms with Gasteiger partial charge in [0, 0.05) is 12.0 Å². The second kappa shape index (κ2) is 11.6. The standard InChI is InChI=1S/C26H44F2O2Si/c1-18(2)13-14-22(23-11-9-10-12-24(23)25(29)30)17-26(27,28)15-16-31(19(3)4,20(5)6)21(7)8/h18-22H,9-14,17H2,1-8H3,(H,29,30). The average molecular weight is 455 g/mol. The Kier molecular flexibility index (Phi) is 10.5. The Morgan fingerprint density at radius 1 is 0.968 bits per heavy atom. The van der Waals surface area contributed by atoms with Crippen LogP contribution in [-0.2, 0) is 4.79 Å². The van der Waals surface area contributed by atoms with Crippen LogP contribution in [0.1, 0.15) is 100 Å². The van der Waals surface area contributed by atoms with Crippen molar-refractivity contribution in [3.8, 4) is 11.5 Å². The number of hydrogen-bond donors (Lipinski definition) is 1. The third-order valence-corrected chi connectivity index (χ3v) is 13.5. The first-order valence-electron chi connectivity index (χ1n) is 12.1. The third-order valence-electron chi connectivity index (χ3n) is 7.18. The van der Waals surface area contributed by atoms with Crippen LogP contribution in [0.5, 0.6) is 0 Å². The van der Waals surface area contributed by atoms with Crippen LogP contribution in [0.2, 0.25) is 16.6 Å². The van der Waals surface area contributed by atoms with E-state index in [1.807, 2.05) is 0 Å². The molecule has 1 aliphatic rings. The minimum absolute atomic E-state index is 0.298. The Bertz CT molecular complexity index is 674. The predicted molar refractivity (Wildman–Crippen MR) is 129 cm³/mol. The number of carboxylic acid groups (broad SMARTS) is 1. The van der Waals surface area contributed by atoms with E-state index in [1.54, 1.807) is 0 Å². The molecule has 5 heteroatoms. The molecule has 0 aromatic carbocycles. The summed E-state index contributed by atoms with van der Waals surface area (Å²) in [7, 11) is -2.24. The number of rotatable bonds is 10. The summed E-state index contributed by atoms with van der Waals surface area (Å²) in [4.78, 5) is 11.8. The molecule has 1 unspecified atom stereocenters. The molecule has 0 bridgehead atoms. The Balaban J connectivity index is 3.33. The molecule has 1 rings (SSSR count). The topological polar surface area (TPSA) is 37.3 Å². The van der Waals surface area contributed by atoms with Crippen LogP contribution in [0.3, 0.4) is 0 Å². The number of aliphatic carboxylic acids is 1. The van der Waals surface area contributed by atoms with Crippen LogP contribution in [0, 0.1) is 23.3 Å². The van der Waals surface area contributed by atoms with Crippen molar-refractivity contribution in [2.75, 3.05) is 0 Å². The number of halogens is 2. The summed E-state index contributed by atoms with van der Waals surface area (Å²) in [6.07, 6.45) is 3.86. The lowest BCUT2D eigenvalue weighted by Gasteiger charge is -2.38. The second-order valence-corrected chi connectivity index (χ2v) is 16.3. The largest absolute Gasteiger partial charge is 0.478 e. The monoisotopic (exact) mass is 454 g/mol. The number of alkyl halides is 2. The predicted octanol–water partition coefficient (Wildman–Crippen LogP) is 8.24. The maximum absolute atomic E-state index is 15.3. The molecule has 31 heavy (non-hydrogen) atoms. The Hall–Kier alpha value is -1.15. The van der Waals surface area contributed by atoms with Gasteiger partial charge < -0.3 is 5.11 Å². The minimum atomic E-state index is -3.10. The molecule has 0 fully saturated rings. The number of allylic oxidation sites excluding steroid dienone is 1. The van der Waals surface area contributed by atoms with Crippen molar-refractivity contribution < 1.29 is 18.7 Å². The van der Waals surface area contributed by atoms with E-state index in [-0.39, 0.29) is 6.42 Å². The summed E-state index contributed by atoms with van der Waals surface area (Å²) >= 11 is 0. The first-order chi connectivity index (χ1) is 14.2. The molecule has 1 atom stereocenters. The molecular formula is C26H44F2O2Si. The summed E-state index contributed by atoms with van der Waals surface area (Å²) in [6, 6.07) is 0. The molecule has 0 radical (unpaired) electrons. The molecule has 178 valence electrons. The van der Waals surface area contributed by atoms with E-state index in [1.165, 1.54) is 0 Å². The molecular weight excluding hydrogens is 410 g/mol. The number of hydrogen-bond acceptors (Lipinski definition) is 1. The first kappa shape index (κ1) is 27.9. The van der Waals surface area contributed by atoms with Crippen LogP contribution >= 0.6 is 0 Å². The van der Waals surface area contributed by atoms with Gasteiger partial charge in [-0.15, -0.1) is 5.54 Å². The summed E-state index contributed by atoms with van der Waals surface area (Å²) in [5.74, 6) is -1.61. The van der Waals surface area contributed by atoms with Gasteiger partial charge in [0.2, 0.25) is 0 Å². The van der Waals surface area contributed by atoms with Gasteiger partial charge in [0.15, 0.2) is 0 Å². The van der Waals surface area contributed by atoms with E-state index in [0.29, 0.717) is 47.4 Å². The van der Waals surface area contributed by atoms with Gasteiger partial charge in [-0.05, 0) is 66.5 Å². The van der Waals surface area contributed by atoms with E-state index >= 15 is 8.78 Å². The molecule has 1 aliphatic carbocycles. The zero-order valence-corrected chi connectivity index (χ0v) is 21.9. The van der Waals surface area contributed by atoms with E-state index in [0.717, 1.165) is 24.8 Å². The van der Waals surface area contributed by atoms with Gasteiger partial charge in [0.1, 0.15) is 8.07 Å². The molecule has 0 heterocycles. The van der Waals surface area contributed by atoms with E-state index in [9.17, 15) is 9.90 Å². The maximum atomic E-state index is 15.3. The fourth-order valence-electron chi connectivity index (χ4n) is 5.55. The van der Waals surface area contributed by atoms with Crippen molar-refractivity contribution in [3.05, 3.63) is 11.1 Å². The van der Waals surface area contributed by atoms with Crippen LogP contribution in [0.4, 0.5) is 8.78 Å². The van der Waals surface area contributed by atoms with Gasteiger partial charge in [0.25, 0.3) is 0 Å². The van der Waals surface area contributed by atoms with E-state index in [2.05, 4.69) is 66.9 Å². The molecule has 0 saturated heterocycles. The first-order valence-corrected chi connectivity index (χ1v) is 14.3. The molecule has 0 spiro atoms. The lowest BCUT2D eigenvalue weighted by Crippen LogP contribution is -2.43. The maximum Gasteiger partial charge on any atom is 0.331 e. The van der Waals surface area contributed by atoms with Crippen LogP contribution in [-0.4, -0.2) is 25.1 Å². The number of carbonyl (C=O) groups is 1. The van der Waals surface area contributed by atoms with Crippen molar-refractivity contribution in [2.24, 2.45) is 11.8 Å². The Morgan fingerprint density at radius 2 is 1.48 bits per heavy atom. The fraction of sp³-hybridized carbons (Fsp3) is 0.808. The van der Waals surface area contributed by atoms with Gasteiger partial charge in [-0.1, -0.05) is 67.4 Å².